The first-order chi connectivity index (χ1) is 16.3. The largest absolute Gasteiger partial charge is 0.352 e. The fourth-order valence-corrected chi connectivity index (χ4v) is 4.32. The molecule has 0 aliphatic carbocycles. The topological polar surface area (TPSA) is 130 Å². The number of non-ortho nitro benzene ring substituents is 1. The van der Waals surface area contributed by atoms with Gasteiger partial charge in [0.2, 0.25) is 21.8 Å². The number of nitrogens with one attached hydrogen (secondary N) is 1. The number of carbonyl (C=O) groups excluding carboxylic acids is 2. The van der Waals surface area contributed by atoms with Crippen LogP contribution in [0, 0.1) is 10.1 Å². The molecule has 1 N–H and O–H groups in total. The minimum atomic E-state index is -3.98. The number of sulfonamides is 1. The molecule has 0 radical (unpaired) electrons. The summed E-state index contributed by atoms with van der Waals surface area (Å²) < 4.78 is 26.8. The number of nitrogens with zero attached hydrogens (tertiary/aromatic N) is 3. The van der Waals surface area contributed by atoms with Gasteiger partial charge in [-0.3, -0.25) is 24.0 Å². The van der Waals surface area contributed by atoms with Crippen LogP contribution in [0.3, 0.4) is 0 Å². The van der Waals surface area contributed by atoms with Gasteiger partial charge in [-0.05, 0) is 44.0 Å². The van der Waals surface area contributed by atoms with Gasteiger partial charge in [0.15, 0.2) is 0 Å². The number of carbonyl (C=O) groups is 2. The lowest BCUT2D eigenvalue weighted by Gasteiger charge is -2.32. The Hall–Kier alpha value is -2.99. The quantitative estimate of drug-likeness (QED) is 0.326. The molecule has 35 heavy (non-hydrogen) atoms. The summed E-state index contributed by atoms with van der Waals surface area (Å²) in [5.74, 6) is -0.997. The van der Waals surface area contributed by atoms with E-state index in [1.54, 1.807) is 31.2 Å². The van der Waals surface area contributed by atoms with Crippen molar-refractivity contribution in [3.8, 4) is 0 Å². The highest BCUT2D eigenvalue weighted by atomic mass is 79.9. The van der Waals surface area contributed by atoms with Crippen molar-refractivity contribution in [3.05, 3.63) is 68.7 Å². The molecule has 0 bridgehead atoms. The Kier molecular flexibility index (Phi) is 9.78. The van der Waals surface area contributed by atoms with Gasteiger partial charge in [0.05, 0.1) is 16.9 Å². The van der Waals surface area contributed by atoms with Crippen molar-refractivity contribution in [2.75, 3.05) is 17.1 Å². The number of benzene rings is 2. The molecule has 2 aromatic carbocycles. The maximum Gasteiger partial charge on any atom is 0.271 e. The molecule has 0 saturated heterocycles. The Bertz CT molecular complexity index is 1170. The average molecular weight is 569 g/mol. The van der Waals surface area contributed by atoms with E-state index < -0.39 is 33.4 Å². The average Bonchev–Trinajstić information content (AvgIpc) is 2.80. The van der Waals surface area contributed by atoms with Gasteiger partial charge in [0.25, 0.3) is 5.69 Å². The van der Waals surface area contributed by atoms with Gasteiger partial charge in [-0.1, -0.05) is 41.1 Å². The summed E-state index contributed by atoms with van der Waals surface area (Å²) in [4.78, 5) is 38.1. The third-order valence-corrected chi connectivity index (χ3v) is 7.11. The number of amides is 2. The summed E-state index contributed by atoms with van der Waals surface area (Å²) in [5, 5.41) is 14.0. The SMILES string of the molecule is CC[C@H](C)NC(=O)[C@@H](C)N(Cc1ccc(Br)cc1)C(=O)CN(c1cccc([N+](=O)[O-])c1)S(C)(=O)=O. The van der Waals surface area contributed by atoms with E-state index in [1.807, 2.05) is 13.8 Å². The predicted molar refractivity (Wildman–Crippen MR) is 137 cm³/mol. The first-order valence-electron chi connectivity index (χ1n) is 10.9. The third kappa shape index (κ3) is 8.03. The van der Waals surface area contributed by atoms with Crippen LogP contribution in [0.2, 0.25) is 0 Å². The second-order valence-electron chi connectivity index (χ2n) is 8.19. The van der Waals surface area contributed by atoms with Crippen LogP contribution in [0.25, 0.3) is 0 Å². The molecule has 0 fully saturated rings. The second-order valence-corrected chi connectivity index (χ2v) is 11.0. The van der Waals surface area contributed by atoms with E-state index in [0.29, 0.717) is 6.42 Å². The van der Waals surface area contributed by atoms with Crippen LogP contribution in [0.4, 0.5) is 11.4 Å². The maximum absolute atomic E-state index is 13.5. The van der Waals surface area contributed by atoms with Crippen molar-refractivity contribution in [1.82, 2.24) is 10.2 Å². The van der Waals surface area contributed by atoms with Gasteiger partial charge in [-0.2, -0.15) is 0 Å². The lowest BCUT2D eigenvalue weighted by Crippen LogP contribution is -2.52. The zero-order chi connectivity index (χ0) is 26.3. The molecule has 0 spiro atoms. The highest BCUT2D eigenvalue weighted by molar-refractivity contribution is 9.10. The number of rotatable bonds is 11. The summed E-state index contributed by atoms with van der Waals surface area (Å²) in [5.41, 5.74) is 0.415. The number of halogens is 1. The third-order valence-electron chi connectivity index (χ3n) is 5.44. The second kappa shape index (κ2) is 12.1. The smallest absolute Gasteiger partial charge is 0.271 e. The summed E-state index contributed by atoms with van der Waals surface area (Å²) in [6, 6.07) is 11.2. The highest BCUT2D eigenvalue weighted by Gasteiger charge is 2.30. The zero-order valence-electron chi connectivity index (χ0n) is 20.0. The fourth-order valence-electron chi connectivity index (χ4n) is 3.21. The van der Waals surface area contributed by atoms with Gasteiger partial charge in [-0.15, -0.1) is 0 Å². The van der Waals surface area contributed by atoms with E-state index in [-0.39, 0.29) is 29.9 Å². The maximum atomic E-state index is 13.5. The van der Waals surface area contributed by atoms with Crippen molar-refractivity contribution in [1.29, 1.82) is 0 Å². The number of anilines is 1. The van der Waals surface area contributed by atoms with Gasteiger partial charge >= 0.3 is 0 Å². The first kappa shape index (κ1) is 28.2. The number of hydrogen-bond acceptors (Lipinski definition) is 6. The predicted octanol–water partition coefficient (Wildman–Crippen LogP) is 3.46. The van der Waals surface area contributed by atoms with Crippen molar-refractivity contribution in [3.63, 3.8) is 0 Å². The highest BCUT2D eigenvalue weighted by Crippen LogP contribution is 2.24. The molecule has 0 aliphatic heterocycles. The van der Waals surface area contributed by atoms with Gasteiger partial charge in [-0.25, -0.2) is 8.42 Å². The van der Waals surface area contributed by atoms with Crippen LogP contribution in [-0.4, -0.2) is 54.9 Å². The minimum Gasteiger partial charge on any atom is -0.352 e. The molecule has 10 nitrogen and oxygen atoms in total. The summed E-state index contributed by atoms with van der Waals surface area (Å²) in [6.45, 7) is 4.78. The van der Waals surface area contributed by atoms with Crippen molar-refractivity contribution < 1.29 is 22.9 Å². The van der Waals surface area contributed by atoms with Gasteiger partial charge < -0.3 is 10.2 Å². The van der Waals surface area contributed by atoms with Crippen LogP contribution in [0.1, 0.15) is 32.8 Å². The monoisotopic (exact) mass is 568 g/mol. The molecule has 0 aliphatic rings. The van der Waals surface area contributed by atoms with Gasteiger partial charge in [0.1, 0.15) is 12.6 Å². The van der Waals surface area contributed by atoms with Crippen LogP contribution in [0.5, 0.6) is 0 Å². The summed E-state index contributed by atoms with van der Waals surface area (Å²) >= 11 is 3.36. The van der Waals surface area contributed by atoms with Crippen LogP contribution >= 0.6 is 15.9 Å². The minimum absolute atomic E-state index is 0.0182. The molecule has 0 unspecified atom stereocenters. The van der Waals surface area contributed by atoms with Crippen LogP contribution < -0.4 is 9.62 Å². The molecule has 2 aromatic rings. The van der Waals surface area contributed by atoms with E-state index in [1.165, 1.54) is 23.1 Å². The molecule has 0 aromatic heterocycles. The zero-order valence-corrected chi connectivity index (χ0v) is 22.4. The van der Waals surface area contributed by atoms with Crippen molar-refractivity contribution in [2.24, 2.45) is 0 Å². The molecule has 12 heteroatoms. The molecule has 2 amide bonds. The molecule has 2 atom stereocenters. The van der Waals surface area contributed by atoms with E-state index in [4.69, 9.17) is 0 Å². The standard InChI is InChI=1S/C23H29BrN4O6S/c1-5-16(2)25-23(30)17(3)26(14-18-9-11-19(24)12-10-18)22(29)15-27(35(4,33)34)20-7-6-8-21(13-20)28(31)32/h6-13,16-17H,5,14-15H2,1-4H3,(H,25,30)/t16-,17+/m0/s1. The Morgan fingerprint density at radius 2 is 1.77 bits per heavy atom. The first-order valence-corrected chi connectivity index (χ1v) is 13.5. The van der Waals surface area contributed by atoms with E-state index >= 15 is 0 Å². The number of nitro benzene ring substituents is 1. The van der Waals surface area contributed by atoms with E-state index in [9.17, 15) is 28.1 Å². The number of nitro groups is 1. The molecule has 0 heterocycles. The summed E-state index contributed by atoms with van der Waals surface area (Å²) in [6.07, 6.45) is 1.62. The Balaban J connectivity index is 2.41. The molecular formula is C23H29BrN4O6S. The normalized spacial score (nSPS) is 12.9. The lowest BCUT2D eigenvalue weighted by atomic mass is 10.1. The lowest BCUT2D eigenvalue weighted by molar-refractivity contribution is -0.384. The Morgan fingerprint density at radius 1 is 1.14 bits per heavy atom. The van der Waals surface area contributed by atoms with Crippen molar-refractivity contribution >= 4 is 49.1 Å². The van der Waals surface area contributed by atoms with E-state index in [2.05, 4.69) is 21.2 Å². The molecule has 2 rings (SSSR count). The molecular weight excluding hydrogens is 540 g/mol. The molecule has 0 saturated carbocycles. The van der Waals surface area contributed by atoms with E-state index in [0.717, 1.165) is 26.7 Å². The van der Waals surface area contributed by atoms with Crippen LogP contribution in [-0.2, 0) is 26.2 Å². The Morgan fingerprint density at radius 3 is 2.31 bits per heavy atom. The number of hydrogen-bond donors (Lipinski definition) is 1. The van der Waals surface area contributed by atoms with Crippen LogP contribution in [0.15, 0.2) is 53.0 Å². The van der Waals surface area contributed by atoms with Crippen molar-refractivity contribution in [2.45, 2.75) is 45.8 Å². The fraction of sp³-hybridized carbons (Fsp3) is 0.391. The molecule has 190 valence electrons. The summed E-state index contributed by atoms with van der Waals surface area (Å²) in [7, 11) is -3.98. The van der Waals surface area contributed by atoms with Gasteiger partial charge in [0, 0.05) is 29.2 Å². The Labute approximate surface area is 213 Å².